The molecule has 0 aliphatic heterocycles. The number of amides is 1. The van der Waals surface area contributed by atoms with Gasteiger partial charge in [0.15, 0.2) is 5.13 Å². The van der Waals surface area contributed by atoms with E-state index in [1.54, 1.807) is 14.2 Å². The smallest absolute Gasteiger partial charge is 0.257 e. The number of hydrogen-bond donors (Lipinski definition) is 1. The molecule has 0 radical (unpaired) electrons. The monoisotopic (exact) mass is 444 g/mol. The zero-order chi connectivity index (χ0) is 22.5. The van der Waals surface area contributed by atoms with Crippen LogP contribution in [-0.2, 0) is 6.42 Å². The quantitative estimate of drug-likeness (QED) is 0.381. The number of hydrogen-bond acceptors (Lipinski definition) is 5. The summed E-state index contributed by atoms with van der Waals surface area (Å²) in [5, 5.41) is 3.54. The van der Waals surface area contributed by atoms with E-state index in [1.807, 2.05) is 79.9 Å². The van der Waals surface area contributed by atoms with Crippen LogP contribution in [-0.4, -0.2) is 25.1 Å². The minimum Gasteiger partial charge on any atom is -0.497 e. The molecule has 0 atom stereocenters. The van der Waals surface area contributed by atoms with Crippen LogP contribution >= 0.6 is 11.3 Å². The molecule has 0 aliphatic carbocycles. The van der Waals surface area contributed by atoms with Gasteiger partial charge in [-0.15, -0.1) is 11.3 Å². The molecule has 6 heteroatoms. The number of methoxy groups -OCH3 is 2. The molecular formula is C26H24N2O3S. The Morgan fingerprint density at radius 2 is 1.59 bits per heavy atom. The van der Waals surface area contributed by atoms with Gasteiger partial charge < -0.3 is 9.47 Å². The predicted octanol–water partition coefficient (Wildman–Crippen LogP) is 5.98. The van der Waals surface area contributed by atoms with Crippen molar-refractivity contribution in [3.05, 3.63) is 94.5 Å². The van der Waals surface area contributed by atoms with Crippen molar-refractivity contribution in [2.45, 2.75) is 13.3 Å². The lowest BCUT2D eigenvalue weighted by Crippen LogP contribution is -2.13. The van der Waals surface area contributed by atoms with Gasteiger partial charge in [-0.05, 0) is 59.5 Å². The third kappa shape index (κ3) is 4.81. The summed E-state index contributed by atoms with van der Waals surface area (Å²) < 4.78 is 10.4. The van der Waals surface area contributed by atoms with Crippen molar-refractivity contribution in [3.8, 4) is 22.6 Å². The van der Waals surface area contributed by atoms with Crippen LogP contribution in [0.1, 0.15) is 26.4 Å². The first-order chi connectivity index (χ1) is 15.6. The molecule has 1 amide bonds. The lowest BCUT2D eigenvalue weighted by atomic mass is 9.96. The van der Waals surface area contributed by atoms with Gasteiger partial charge in [0.05, 0.1) is 14.2 Å². The summed E-state index contributed by atoms with van der Waals surface area (Å²) in [7, 11) is 3.30. The Bertz CT molecular complexity index is 1210. The van der Waals surface area contributed by atoms with Crippen LogP contribution in [0.2, 0.25) is 0 Å². The fourth-order valence-electron chi connectivity index (χ4n) is 3.52. The maximum absolute atomic E-state index is 13.0. The normalized spacial score (nSPS) is 10.6. The maximum Gasteiger partial charge on any atom is 0.257 e. The van der Waals surface area contributed by atoms with Gasteiger partial charge in [-0.1, -0.05) is 36.4 Å². The molecule has 1 N–H and O–H groups in total. The Morgan fingerprint density at radius 3 is 2.25 bits per heavy atom. The summed E-state index contributed by atoms with van der Waals surface area (Å²) in [5.74, 6) is 1.47. The summed E-state index contributed by atoms with van der Waals surface area (Å²) in [6, 6.07) is 21.5. The number of thiazole rings is 1. The molecule has 0 saturated carbocycles. The minimum absolute atomic E-state index is 0.164. The summed E-state index contributed by atoms with van der Waals surface area (Å²) >= 11 is 1.48. The highest BCUT2D eigenvalue weighted by molar-refractivity contribution is 7.15. The van der Waals surface area contributed by atoms with Crippen LogP contribution < -0.4 is 14.8 Å². The van der Waals surface area contributed by atoms with Crippen LogP contribution in [0.3, 0.4) is 0 Å². The minimum atomic E-state index is -0.164. The number of benzene rings is 3. The second-order valence-electron chi connectivity index (χ2n) is 7.32. The first kappa shape index (κ1) is 21.6. The number of anilines is 1. The summed E-state index contributed by atoms with van der Waals surface area (Å²) in [5.41, 5.74) is 4.76. The molecule has 5 nitrogen and oxygen atoms in total. The largest absolute Gasteiger partial charge is 0.497 e. The van der Waals surface area contributed by atoms with Crippen LogP contribution in [0.5, 0.6) is 11.5 Å². The molecule has 4 rings (SSSR count). The highest BCUT2D eigenvalue weighted by atomic mass is 32.1. The SMILES string of the molecule is COc1ccc(Cc2cnc(NC(=O)c3cccc(-c4ccc(OC)cc4)c3C)s2)cc1. The third-order valence-electron chi connectivity index (χ3n) is 5.29. The van der Waals surface area contributed by atoms with Crippen molar-refractivity contribution in [1.82, 2.24) is 4.98 Å². The Balaban J connectivity index is 1.48. The molecule has 32 heavy (non-hydrogen) atoms. The number of carbonyl (C=O) groups excluding carboxylic acids is 1. The molecule has 1 aromatic heterocycles. The average molecular weight is 445 g/mol. The van der Waals surface area contributed by atoms with Gasteiger partial charge in [-0.25, -0.2) is 4.98 Å². The average Bonchev–Trinajstić information content (AvgIpc) is 3.26. The van der Waals surface area contributed by atoms with Crippen molar-refractivity contribution in [2.75, 3.05) is 19.5 Å². The molecule has 1 heterocycles. The summed E-state index contributed by atoms with van der Waals surface area (Å²) in [6.45, 7) is 1.96. The number of ether oxygens (including phenoxy) is 2. The van der Waals surface area contributed by atoms with Gasteiger partial charge >= 0.3 is 0 Å². The molecular weight excluding hydrogens is 420 g/mol. The van der Waals surface area contributed by atoms with Crippen molar-refractivity contribution < 1.29 is 14.3 Å². The Labute approximate surface area is 191 Å². The lowest BCUT2D eigenvalue weighted by molar-refractivity contribution is 0.102. The van der Waals surface area contributed by atoms with Crippen molar-refractivity contribution in [3.63, 3.8) is 0 Å². The first-order valence-corrected chi connectivity index (χ1v) is 11.0. The second-order valence-corrected chi connectivity index (χ2v) is 8.43. The van der Waals surface area contributed by atoms with E-state index in [0.717, 1.165) is 45.1 Å². The Hall–Kier alpha value is -3.64. The van der Waals surface area contributed by atoms with E-state index in [1.165, 1.54) is 11.3 Å². The molecule has 0 aliphatic rings. The van der Waals surface area contributed by atoms with E-state index in [2.05, 4.69) is 10.3 Å². The van der Waals surface area contributed by atoms with Crippen LogP contribution in [0.25, 0.3) is 11.1 Å². The lowest BCUT2D eigenvalue weighted by Gasteiger charge is -2.11. The van der Waals surface area contributed by atoms with E-state index in [0.29, 0.717) is 10.7 Å². The van der Waals surface area contributed by atoms with Gasteiger partial charge in [0.2, 0.25) is 0 Å². The van der Waals surface area contributed by atoms with Gasteiger partial charge in [0.25, 0.3) is 5.91 Å². The predicted molar refractivity (Wildman–Crippen MR) is 129 cm³/mol. The zero-order valence-electron chi connectivity index (χ0n) is 18.2. The fraction of sp³-hybridized carbons (Fsp3) is 0.154. The number of rotatable bonds is 7. The number of nitrogens with zero attached hydrogens (tertiary/aromatic N) is 1. The topological polar surface area (TPSA) is 60.5 Å². The standard InChI is InChI=1S/C26H24N2O3S/c1-17-23(19-9-13-21(31-3)14-10-19)5-4-6-24(17)25(29)28-26-27-16-22(32-26)15-18-7-11-20(30-2)12-8-18/h4-14,16H,15H2,1-3H3,(H,27,28,29). The third-order valence-corrected chi connectivity index (χ3v) is 6.20. The van der Waals surface area contributed by atoms with E-state index in [-0.39, 0.29) is 5.91 Å². The molecule has 3 aromatic carbocycles. The van der Waals surface area contributed by atoms with Crippen molar-refractivity contribution in [1.29, 1.82) is 0 Å². The Kier molecular flexibility index (Phi) is 6.52. The molecule has 0 saturated heterocycles. The number of carbonyl (C=O) groups is 1. The summed E-state index contributed by atoms with van der Waals surface area (Å²) in [4.78, 5) is 18.4. The molecule has 0 bridgehead atoms. The first-order valence-electron chi connectivity index (χ1n) is 10.2. The molecule has 4 aromatic rings. The van der Waals surface area contributed by atoms with Gasteiger partial charge in [-0.2, -0.15) is 0 Å². The highest BCUT2D eigenvalue weighted by Gasteiger charge is 2.15. The van der Waals surface area contributed by atoms with Crippen LogP contribution in [0.4, 0.5) is 5.13 Å². The van der Waals surface area contributed by atoms with Crippen molar-refractivity contribution >= 4 is 22.4 Å². The van der Waals surface area contributed by atoms with Crippen molar-refractivity contribution in [2.24, 2.45) is 0 Å². The van der Waals surface area contributed by atoms with Gasteiger partial charge in [-0.3, -0.25) is 10.1 Å². The molecule has 0 spiro atoms. The van der Waals surface area contributed by atoms with Crippen LogP contribution in [0.15, 0.2) is 72.9 Å². The molecule has 0 unspecified atom stereocenters. The molecule has 0 fully saturated rings. The van der Waals surface area contributed by atoms with Gasteiger partial charge in [0, 0.05) is 23.1 Å². The van der Waals surface area contributed by atoms with E-state index in [4.69, 9.17) is 9.47 Å². The zero-order valence-corrected chi connectivity index (χ0v) is 19.0. The summed E-state index contributed by atoms with van der Waals surface area (Å²) in [6.07, 6.45) is 2.56. The second kappa shape index (κ2) is 9.66. The van der Waals surface area contributed by atoms with E-state index in [9.17, 15) is 4.79 Å². The highest BCUT2D eigenvalue weighted by Crippen LogP contribution is 2.29. The molecule has 162 valence electrons. The fourth-order valence-corrected chi connectivity index (χ4v) is 4.36. The van der Waals surface area contributed by atoms with Crippen LogP contribution in [0, 0.1) is 6.92 Å². The Morgan fingerprint density at radius 1 is 0.938 bits per heavy atom. The van der Waals surface area contributed by atoms with Gasteiger partial charge in [0.1, 0.15) is 11.5 Å². The maximum atomic E-state index is 13.0. The van der Waals surface area contributed by atoms with E-state index < -0.39 is 0 Å². The number of nitrogens with one attached hydrogen (secondary N) is 1. The van der Waals surface area contributed by atoms with E-state index >= 15 is 0 Å². The number of aromatic nitrogens is 1.